The molecule has 0 N–H and O–H groups in total. The van der Waals surface area contributed by atoms with Crippen molar-refractivity contribution >= 4 is 22.8 Å². The summed E-state index contributed by atoms with van der Waals surface area (Å²) in [5.74, 6) is -0.497. The highest BCUT2D eigenvalue weighted by Crippen LogP contribution is 2.40. The van der Waals surface area contributed by atoms with E-state index in [-0.39, 0.29) is 41.4 Å². The standard InChI is InChI=1S/C22H25FN2O3/c1-4-28-22(27)20-13(2)5-6-14-11-25(12-17(14)20)21(26)19-10-15-9-16(23)7-8-18(15)24(19)3/h5-10,13-14,17,20H,4,11-12H2,1-3H3/t13-,14-,17+,20+/m0/s1. The molecule has 0 bridgehead atoms. The number of carbonyl (C=O) groups excluding carboxylic acids is 2. The molecule has 0 radical (unpaired) electrons. The zero-order valence-corrected chi connectivity index (χ0v) is 16.4. The lowest BCUT2D eigenvalue weighted by Gasteiger charge is -2.31. The van der Waals surface area contributed by atoms with Gasteiger partial charge in [0.25, 0.3) is 5.91 Å². The van der Waals surface area contributed by atoms with Crippen LogP contribution in [0.15, 0.2) is 36.4 Å². The highest BCUT2D eigenvalue weighted by molar-refractivity contribution is 5.99. The molecule has 148 valence electrons. The number of rotatable bonds is 3. The van der Waals surface area contributed by atoms with Crippen LogP contribution in [0.5, 0.6) is 0 Å². The van der Waals surface area contributed by atoms with Crippen LogP contribution >= 0.6 is 0 Å². The number of nitrogens with zero attached hydrogens (tertiary/aromatic N) is 2. The van der Waals surface area contributed by atoms with Gasteiger partial charge >= 0.3 is 5.97 Å². The first kappa shape index (κ1) is 18.7. The summed E-state index contributed by atoms with van der Waals surface area (Å²) in [6.07, 6.45) is 4.20. The van der Waals surface area contributed by atoms with Crippen molar-refractivity contribution in [3.8, 4) is 0 Å². The van der Waals surface area contributed by atoms with E-state index in [1.165, 1.54) is 12.1 Å². The van der Waals surface area contributed by atoms with Gasteiger partial charge in [0.15, 0.2) is 0 Å². The summed E-state index contributed by atoms with van der Waals surface area (Å²) >= 11 is 0. The molecule has 4 rings (SSSR count). The van der Waals surface area contributed by atoms with Gasteiger partial charge in [-0.05, 0) is 48.9 Å². The molecule has 5 nitrogen and oxygen atoms in total. The van der Waals surface area contributed by atoms with E-state index in [1.54, 1.807) is 16.7 Å². The van der Waals surface area contributed by atoms with Crippen molar-refractivity contribution in [1.82, 2.24) is 9.47 Å². The van der Waals surface area contributed by atoms with E-state index in [9.17, 15) is 14.0 Å². The fourth-order valence-electron chi connectivity index (χ4n) is 4.75. The van der Waals surface area contributed by atoms with E-state index >= 15 is 0 Å². The Morgan fingerprint density at radius 3 is 2.75 bits per heavy atom. The van der Waals surface area contributed by atoms with E-state index in [4.69, 9.17) is 4.74 Å². The lowest BCUT2D eigenvalue weighted by atomic mass is 9.72. The van der Waals surface area contributed by atoms with Gasteiger partial charge in [-0.2, -0.15) is 0 Å². The molecule has 1 amide bonds. The van der Waals surface area contributed by atoms with Crippen LogP contribution in [0, 0.1) is 29.5 Å². The number of halogens is 1. The topological polar surface area (TPSA) is 51.5 Å². The Bertz CT molecular complexity index is 964. The molecular formula is C22H25FN2O3. The van der Waals surface area contributed by atoms with Crippen LogP contribution in [-0.2, 0) is 16.6 Å². The fraction of sp³-hybridized carbons (Fsp3) is 0.455. The molecule has 1 aromatic heterocycles. The predicted octanol–water partition coefficient (Wildman–Crippen LogP) is 3.39. The third kappa shape index (κ3) is 3.01. The van der Waals surface area contributed by atoms with E-state index in [2.05, 4.69) is 12.2 Å². The highest BCUT2D eigenvalue weighted by atomic mass is 19.1. The maximum absolute atomic E-state index is 13.5. The van der Waals surface area contributed by atoms with Crippen LogP contribution < -0.4 is 0 Å². The molecular weight excluding hydrogens is 359 g/mol. The van der Waals surface area contributed by atoms with Crippen molar-refractivity contribution in [2.45, 2.75) is 13.8 Å². The number of ether oxygens (including phenoxy) is 1. The van der Waals surface area contributed by atoms with Gasteiger partial charge in [0.2, 0.25) is 0 Å². The Morgan fingerprint density at radius 1 is 1.21 bits per heavy atom. The molecule has 28 heavy (non-hydrogen) atoms. The van der Waals surface area contributed by atoms with Crippen LogP contribution in [0.2, 0.25) is 0 Å². The Kier molecular flexibility index (Phi) is 4.73. The third-order valence-corrected chi connectivity index (χ3v) is 6.17. The van der Waals surface area contributed by atoms with E-state index < -0.39 is 0 Å². The number of fused-ring (bicyclic) bond motifs is 2. The van der Waals surface area contributed by atoms with Crippen molar-refractivity contribution in [2.24, 2.45) is 30.7 Å². The van der Waals surface area contributed by atoms with Crippen molar-refractivity contribution in [1.29, 1.82) is 0 Å². The summed E-state index contributed by atoms with van der Waals surface area (Å²) in [7, 11) is 1.82. The SMILES string of the molecule is CCOC(=O)[C@H]1[C@@H]2CN(C(=O)c3cc4cc(F)ccc4n3C)C[C@@H]2C=C[C@@H]1C. The second-order valence-electron chi connectivity index (χ2n) is 7.85. The maximum atomic E-state index is 13.5. The minimum absolute atomic E-state index is 0.0649. The number of likely N-dealkylation sites (tertiary alicyclic amines) is 1. The molecule has 1 aliphatic carbocycles. The second kappa shape index (κ2) is 7.08. The Labute approximate surface area is 163 Å². The average molecular weight is 384 g/mol. The zero-order chi connectivity index (χ0) is 20.0. The van der Waals surface area contributed by atoms with Crippen LogP contribution in [0.1, 0.15) is 24.3 Å². The second-order valence-corrected chi connectivity index (χ2v) is 7.85. The number of amides is 1. The Hall–Kier alpha value is -2.63. The summed E-state index contributed by atoms with van der Waals surface area (Å²) in [6, 6.07) is 6.27. The number of allylic oxidation sites excluding steroid dienone is 1. The monoisotopic (exact) mass is 384 g/mol. The number of esters is 1. The smallest absolute Gasteiger partial charge is 0.309 e. The summed E-state index contributed by atoms with van der Waals surface area (Å²) in [4.78, 5) is 27.5. The predicted molar refractivity (Wildman–Crippen MR) is 104 cm³/mol. The highest BCUT2D eigenvalue weighted by Gasteiger charge is 2.46. The first-order valence-corrected chi connectivity index (χ1v) is 9.80. The summed E-state index contributed by atoms with van der Waals surface area (Å²) < 4.78 is 20.6. The van der Waals surface area contributed by atoms with E-state index in [1.807, 2.05) is 25.8 Å². The number of hydrogen-bond acceptors (Lipinski definition) is 3. The van der Waals surface area contributed by atoms with Crippen molar-refractivity contribution in [3.05, 3.63) is 47.9 Å². The van der Waals surface area contributed by atoms with E-state index in [0.717, 1.165) is 5.52 Å². The quantitative estimate of drug-likeness (QED) is 0.602. The molecule has 6 heteroatoms. The minimum atomic E-state index is -0.319. The zero-order valence-electron chi connectivity index (χ0n) is 16.4. The molecule has 0 spiro atoms. The van der Waals surface area contributed by atoms with Gasteiger partial charge in [-0.1, -0.05) is 19.1 Å². The lowest BCUT2D eigenvalue weighted by Crippen LogP contribution is -2.37. The summed E-state index contributed by atoms with van der Waals surface area (Å²) in [5.41, 5.74) is 1.35. The first-order chi connectivity index (χ1) is 13.4. The van der Waals surface area contributed by atoms with Crippen molar-refractivity contribution in [2.75, 3.05) is 19.7 Å². The van der Waals surface area contributed by atoms with Gasteiger partial charge in [-0.25, -0.2) is 4.39 Å². The average Bonchev–Trinajstić information content (AvgIpc) is 3.22. The molecule has 4 atom stereocenters. The fourth-order valence-corrected chi connectivity index (χ4v) is 4.75. The minimum Gasteiger partial charge on any atom is -0.466 e. The number of aryl methyl sites for hydroxylation is 1. The molecule has 2 aromatic rings. The van der Waals surface area contributed by atoms with Crippen LogP contribution in [0.25, 0.3) is 10.9 Å². The molecule has 0 unspecified atom stereocenters. The Balaban J connectivity index is 1.60. The number of benzene rings is 1. The van der Waals surface area contributed by atoms with Crippen LogP contribution in [0.4, 0.5) is 4.39 Å². The lowest BCUT2D eigenvalue weighted by molar-refractivity contribution is -0.152. The molecule has 1 fully saturated rings. The Morgan fingerprint density at radius 2 is 2.00 bits per heavy atom. The third-order valence-electron chi connectivity index (χ3n) is 6.17. The molecule has 0 saturated carbocycles. The van der Waals surface area contributed by atoms with Crippen molar-refractivity contribution in [3.63, 3.8) is 0 Å². The van der Waals surface area contributed by atoms with Gasteiger partial charge in [-0.15, -0.1) is 0 Å². The summed E-state index contributed by atoms with van der Waals surface area (Å²) in [5, 5.41) is 0.709. The number of carbonyl (C=O) groups is 2. The molecule has 1 aliphatic heterocycles. The van der Waals surface area contributed by atoms with Crippen LogP contribution in [-0.4, -0.2) is 41.0 Å². The molecule has 2 aliphatic rings. The normalized spacial score (nSPS) is 26.5. The first-order valence-electron chi connectivity index (χ1n) is 9.80. The van der Waals surface area contributed by atoms with Gasteiger partial charge in [-0.3, -0.25) is 9.59 Å². The molecule has 2 heterocycles. The van der Waals surface area contributed by atoms with Crippen LogP contribution in [0.3, 0.4) is 0 Å². The van der Waals surface area contributed by atoms with Gasteiger partial charge in [0.05, 0.1) is 12.5 Å². The summed E-state index contributed by atoms with van der Waals surface area (Å²) in [6.45, 7) is 5.30. The van der Waals surface area contributed by atoms with Gasteiger partial charge < -0.3 is 14.2 Å². The number of aromatic nitrogens is 1. The largest absolute Gasteiger partial charge is 0.466 e. The van der Waals surface area contributed by atoms with Gasteiger partial charge in [0.1, 0.15) is 11.5 Å². The number of hydrogen-bond donors (Lipinski definition) is 0. The maximum Gasteiger partial charge on any atom is 0.309 e. The van der Waals surface area contributed by atoms with Crippen molar-refractivity contribution < 1.29 is 18.7 Å². The van der Waals surface area contributed by atoms with E-state index in [0.29, 0.717) is 30.8 Å². The van der Waals surface area contributed by atoms with Gasteiger partial charge in [0, 0.05) is 31.0 Å². The molecule has 1 saturated heterocycles. The molecule has 1 aromatic carbocycles.